The molecule has 1 aliphatic heterocycles. The summed E-state index contributed by atoms with van der Waals surface area (Å²) in [4.78, 5) is 2.02. The lowest BCUT2D eigenvalue weighted by atomic mass is 10.1. The van der Waals surface area contributed by atoms with E-state index in [1.165, 1.54) is 6.07 Å². The van der Waals surface area contributed by atoms with Gasteiger partial charge in [-0.2, -0.15) is 0 Å². The smallest absolute Gasteiger partial charge is 0.170 e. The lowest BCUT2D eigenvalue weighted by Gasteiger charge is -2.19. The highest BCUT2D eigenvalue weighted by Crippen LogP contribution is 2.26. The Labute approximate surface area is 99.5 Å². The van der Waals surface area contributed by atoms with Crippen LogP contribution in [-0.4, -0.2) is 24.1 Å². The average molecular weight is 237 g/mol. The zero-order valence-corrected chi connectivity index (χ0v) is 9.73. The number of benzene rings is 1. The molecule has 0 spiro atoms. The molecule has 0 bridgehead atoms. The van der Waals surface area contributed by atoms with Gasteiger partial charge in [-0.1, -0.05) is 12.1 Å². The van der Waals surface area contributed by atoms with Crippen LogP contribution in [0.4, 0.5) is 10.1 Å². The molecule has 1 aromatic carbocycles. The SMILES string of the molecule is CC1CCN(c2ccc(C(N)=NO)cc2F)C1. The molecular weight excluding hydrogens is 221 g/mol. The molecule has 5 heteroatoms. The van der Waals surface area contributed by atoms with Gasteiger partial charge in [0, 0.05) is 18.7 Å². The van der Waals surface area contributed by atoms with Gasteiger partial charge in [0.1, 0.15) is 5.82 Å². The van der Waals surface area contributed by atoms with Crippen LogP contribution in [0.15, 0.2) is 23.4 Å². The molecule has 0 aliphatic carbocycles. The van der Waals surface area contributed by atoms with Crippen molar-refractivity contribution in [2.75, 3.05) is 18.0 Å². The minimum atomic E-state index is -0.330. The summed E-state index contributed by atoms with van der Waals surface area (Å²) >= 11 is 0. The molecule has 17 heavy (non-hydrogen) atoms. The Bertz CT molecular complexity index is 447. The van der Waals surface area contributed by atoms with Crippen LogP contribution in [0.2, 0.25) is 0 Å². The molecule has 1 unspecified atom stereocenters. The summed E-state index contributed by atoms with van der Waals surface area (Å²) in [6.07, 6.45) is 1.08. The molecule has 92 valence electrons. The van der Waals surface area contributed by atoms with Crippen molar-refractivity contribution in [3.8, 4) is 0 Å². The third-order valence-corrected chi connectivity index (χ3v) is 3.12. The Balaban J connectivity index is 2.26. The zero-order chi connectivity index (χ0) is 12.4. The normalized spacial score (nSPS) is 20.9. The van der Waals surface area contributed by atoms with Gasteiger partial charge >= 0.3 is 0 Å². The Morgan fingerprint density at radius 3 is 2.88 bits per heavy atom. The number of hydrogen-bond donors (Lipinski definition) is 2. The van der Waals surface area contributed by atoms with E-state index >= 15 is 0 Å². The number of nitrogens with two attached hydrogens (primary N) is 1. The molecule has 2 rings (SSSR count). The van der Waals surface area contributed by atoms with Gasteiger partial charge in [0.25, 0.3) is 0 Å². The first-order valence-corrected chi connectivity index (χ1v) is 5.64. The maximum absolute atomic E-state index is 13.9. The maximum Gasteiger partial charge on any atom is 0.170 e. The Morgan fingerprint density at radius 1 is 1.59 bits per heavy atom. The fourth-order valence-electron chi connectivity index (χ4n) is 2.13. The second-order valence-corrected chi connectivity index (χ2v) is 4.49. The van der Waals surface area contributed by atoms with Crippen LogP contribution >= 0.6 is 0 Å². The predicted molar refractivity (Wildman–Crippen MR) is 64.9 cm³/mol. The Kier molecular flexibility index (Phi) is 3.17. The van der Waals surface area contributed by atoms with Gasteiger partial charge in [0.15, 0.2) is 5.84 Å². The van der Waals surface area contributed by atoms with Gasteiger partial charge in [-0.15, -0.1) is 0 Å². The molecule has 0 amide bonds. The first-order valence-electron chi connectivity index (χ1n) is 5.64. The highest BCUT2D eigenvalue weighted by molar-refractivity contribution is 5.97. The number of nitrogens with zero attached hydrogens (tertiary/aromatic N) is 2. The van der Waals surface area contributed by atoms with Crippen molar-refractivity contribution < 1.29 is 9.60 Å². The molecule has 0 radical (unpaired) electrons. The number of rotatable bonds is 2. The quantitative estimate of drug-likeness (QED) is 0.356. The summed E-state index contributed by atoms with van der Waals surface area (Å²) in [5.74, 6) is 0.187. The van der Waals surface area contributed by atoms with Crippen molar-refractivity contribution in [2.45, 2.75) is 13.3 Å². The number of oxime groups is 1. The van der Waals surface area contributed by atoms with Gasteiger partial charge in [-0.05, 0) is 30.5 Å². The minimum absolute atomic E-state index is 0.0785. The molecular formula is C12H16FN3O. The third kappa shape index (κ3) is 2.33. The highest BCUT2D eigenvalue weighted by Gasteiger charge is 2.21. The summed E-state index contributed by atoms with van der Waals surface area (Å²) in [5, 5.41) is 11.4. The van der Waals surface area contributed by atoms with E-state index in [9.17, 15) is 4.39 Å². The third-order valence-electron chi connectivity index (χ3n) is 3.12. The first kappa shape index (κ1) is 11.7. The van der Waals surface area contributed by atoms with Crippen LogP contribution < -0.4 is 10.6 Å². The van der Waals surface area contributed by atoms with E-state index in [4.69, 9.17) is 10.9 Å². The van der Waals surface area contributed by atoms with Gasteiger partial charge in [-0.25, -0.2) is 4.39 Å². The second-order valence-electron chi connectivity index (χ2n) is 4.49. The Morgan fingerprint density at radius 2 is 2.35 bits per heavy atom. The van der Waals surface area contributed by atoms with Crippen LogP contribution in [0.1, 0.15) is 18.9 Å². The summed E-state index contributed by atoms with van der Waals surface area (Å²) in [6, 6.07) is 4.64. The lowest BCUT2D eigenvalue weighted by Crippen LogP contribution is -2.21. The van der Waals surface area contributed by atoms with Crippen molar-refractivity contribution in [2.24, 2.45) is 16.8 Å². The maximum atomic E-state index is 13.9. The van der Waals surface area contributed by atoms with Crippen molar-refractivity contribution in [1.82, 2.24) is 0 Å². The van der Waals surface area contributed by atoms with Crippen molar-refractivity contribution in [3.05, 3.63) is 29.6 Å². The number of hydrogen-bond acceptors (Lipinski definition) is 3. The van der Waals surface area contributed by atoms with E-state index in [-0.39, 0.29) is 11.7 Å². The van der Waals surface area contributed by atoms with E-state index in [2.05, 4.69) is 12.1 Å². The van der Waals surface area contributed by atoms with E-state index < -0.39 is 0 Å². The van der Waals surface area contributed by atoms with Crippen molar-refractivity contribution >= 4 is 11.5 Å². The average Bonchev–Trinajstić information content (AvgIpc) is 2.74. The largest absolute Gasteiger partial charge is 0.409 e. The molecule has 1 saturated heterocycles. The van der Waals surface area contributed by atoms with Crippen molar-refractivity contribution in [3.63, 3.8) is 0 Å². The fraction of sp³-hybridized carbons (Fsp3) is 0.417. The van der Waals surface area contributed by atoms with E-state index in [1.54, 1.807) is 12.1 Å². The van der Waals surface area contributed by atoms with Crippen molar-refractivity contribution in [1.29, 1.82) is 0 Å². The van der Waals surface area contributed by atoms with Gasteiger partial charge in [0.2, 0.25) is 0 Å². The van der Waals surface area contributed by atoms with Gasteiger partial charge in [-0.3, -0.25) is 0 Å². The fourth-order valence-corrected chi connectivity index (χ4v) is 2.13. The lowest BCUT2D eigenvalue weighted by molar-refractivity contribution is 0.318. The van der Waals surface area contributed by atoms with Gasteiger partial charge in [0.05, 0.1) is 5.69 Å². The second kappa shape index (κ2) is 4.61. The van der Waals surface area contributed by atoms with Crippen LogP contribution in [-0.2, 0) is 0 Å². The highest BCUT2D eigenvalue weighted by atomic mass is 19.1. The van der Waals surface area contributed by atoms with Crippen LogP contribution in [0.5, 0.6) is 0 Å². The zero-order valence-electron chi connectivity index (χ0n) is 9.73. The molecule has 4 nitrogen and oxygen atoms in total. The molecule has 0 saturated carbocycles. The summed E-state index contributed by atoms with van der Waals surface area (Å²) in [7, 11) is 0. The molecule has 1 aromatic rings. The van der Waals surface area contributed by atoms with Crippen LogP contribution in [0.25, 0.3) is 0 Å². The van der Waals surface area contributed by atoms with E-state index in [1.807, 2.05) is 4.90 Å². The first-order chi connectivity index (χ1) is 8.11. The van der Waals surface area contributed by atoms with Gasteiger partial charge < -0.3 is 15.8 Å². The van der Waals surface area contributed by atoms with Crippen LogP contribution in [0.3, 0.4) is 0 Å². The summed E-state index contributed by atoms with van der Waals surface area (Å²) in [6.45, 7) is 3.91. The molecule has 3 N–H and O–H groups in total. The number of halogens is 1. The molecule has 1 atom stereocenters. The monoisotopic (exact) mass is 237 g/mol. The number of anilines is 1. The number of amidine groups is 1. The standard InChI is InChI=1S/C12H16FN3O/c1-8-4-5-16(7-8)11-3-2-9(6-10(11)13)12(14)15-17/h2-3,6,8,17H,4-5,7H2,1H3,(H2,14,15). The summed E-state index contributed by atoms with van der Waals surface area (Å²) in [5.41, 5.74) is 6.39. The minimum Gasteiger partial charge on any atom is -0.409 e. The molecule has 0 aromatic heterocycles. The Hall–Kier alpha value is -1.78. The summed E-state index contributed by atoms with van der Waals surface area (Å²) < 4.78 is 13.9. The predicted octanol–water partition coefficient (Wildman–Crippen LogP) is 1.77. The van der Waals surface area contributed by atoms with E-state index in [0.29, 0.717) is 17.2 Å². The van der Waals surface area contributed by atoms with Crippen LogP contribution in [0, 0.1) is 11.7 Å². The van der Waals surface area contributed by atoms with E-state index in [0.717, 1.165) is 19.5 Å². The molecule has 1 aliphatic rings. The molecule has 1 heterocycles. The molecule has 1 fully saturated rings. The topological polar surface area (TPSA) is 61.8 Å².